The number of amides is 2. The second-order valence-electron chi connectivity index (χ2n) is 11.4. The molecule has 0 spiro atoms. The fourth-order valence-electron chi connectivity index (χ4n) is 5.22. The molecule has 2 heterocycles. The average Bonchev–Trinajstić information content (AvgIpc) is 3.38. The van der Waals surface area contributed by atoms with E-state index in [9.17, 15) is 14.9 Å². The minimum Gasteiger partial charge on any atom is -0.446 e. The van der Waals surface area contributed by atoms with Gasteiger partial charge in [-0.1, -0.05) is 33.6 Å². The fourth-order valence-corrected chi connectivity index (χ4v) is 5.22. The normalized spacial score (nSPS) is 22.0. The molecule has 1 saturated carbocycles. The van der Waals surface area contributed by atoms with Crippen LogP contribution in [0.5, 0.6) is 0 Å². The highest BCUT2D eigenvalue weighted by Crippen LogP contribution is 2.28. The Morgan fingerprint density at radius 2 is 1.83 bits per heavy atom. The summed E-state index contributed by atoms with van der Waals surface area (Å²) in [5.41, 5.74) is -0.208. The molecule has 1 aliphatic carbocycles. The molecule has 2 unspecified atom stereocenters. The van der Waals surface area contributed by atoms with Gasteiger partial charge in [0.05, 0.1) is 13.2 Å². The predicted octanol–water partition coefficient (Wildman–Crippen LogP) is 2.85. The third-order valence-electron chi connectivity index (χ3n) is 7.27. The molecule has 10 heteroatoms. The molecule has 3 fully saturated rings. The lowest BCUT2D eigenvalue weighted by Gasteiger charge is -2.33. The van der Waals surface area contributed by atoms with Crippen molar-refractivity contribution in [3.8, 4) is 6.19 Å². The summed E-state index contributed by atoms with van der Waals surface area (Å²) in [7, 11) is 0. The zero-order valence-electron chi connectivity index (χ0n) is 22.4. The molecule has 0 radical (unpaired) electrons. The second-order valence-corrected chi connectivity index (χ2v) is 11.4. The zero-order chi connectivity index (χ0) is 26.1. The molecular formula is C26H44N6O4. The average molecular weight is 505 g/mol. The number of nitrogens with one attached hydrogen (secondary N) is 2. The maximum atomic E-state index is 13.6. The van der Waals surface area contributed by atoms with Crippen LogP contribution in [-0.2, 0) is 14.3 Å². The molecule has 0 aromatic heterocycles. The van der Waals surface area contributed by atoms with E-state index in [1.54, 1.807) is 0 Å². The molecule has 2 atom stereocenters. The van der Waals surface area contributed by atoms with Gasteiger partial charge in [0, 0.05) is 19.1 Å². The van der Waals surface area contributed by atoms with Gasteiger partial charge in [-0.2, -0.15) is 5.26 Å². The number of piperidine rings is 1. The topological polar surface area (TPSA) is 119 Å². The first-order valence-electron chi connectivity index (χ1n) is 13.5. The van der Waals surface area contributed by atoms with Crippen molar-refractivity contribution in [1.82, 2.24) is 20.4 Å². The van der Waals surface area contributed by atoms with Crippen molar-refractivity contribution in [2.24, 2.45) is 16.3 Å². The molecule has 0 aromatic carbocycles. The first-order chi connectivity index (χ1) is 17.2. The molecule has 3 aliphatic rings. The monoisotopic (exact) mass is 504 g/mol. The van der Waals surface area contributed by atoms with Gasteiger partial charge in [-0.25, -0.2) is 14.7 Å². The number of hydrogen-bond donors (Lipinski definition) is 2. The fraction of sp³-hybridized carbons (Fsp3) is 0.846. The molecule has 10 nitrogen and oxygen atoms in total. The van der Waals surface area contributed by atoms with Gasteiger partial charge in [0.1, 0.15) is 12.1 Å². The van der Waals surface area contributed by atoms with E-state index in [2.05, 4.69) is 16.8 Å². The van der Waals surface area contributed by atoms with Crippen LogP contribution in [0.2, 0.25) is 0 Å². The number of nitriles is 1. The highest BCUT2D eigenvalue weighted by atomic mass is 16.6. The molecule has 2 aliphatic heterocycles. The lowest BCUT2D eigenvalue weighted by atomic mass is 9.87. The number of aliphatic imine (C=N–C) groups is 1. The van der Waals surface area contributed by atoms with Crippen molar-refractivity contribution >= 4 is 18.0 Å². The van der Waals surface area contributed by atoms with Crippen LogP contribution >= 0.6 is 0 Å². The first kappa shape index (κ1) is 28.2. The van der Waals surface area contributed by atoms with E-state index in [-0.39, 0.29) is 23.5 Å². The largest absolute Gasteiger partial charge is 0.446 e. The van der Waals surface area contributed by atoms with Gasteiger partial charge >= 0.3 is 6.09 Å². The molecule has 2 N–H and O–H groups in total. The van der Waals surface area contributed by atoms with Crippen LogP contribution in [0.15, 0.2) is 4.99 Å². The van der Waals surface area contributed by atoms with Crippen molar-refractivity contribution in [1.29, 1.82) is 5.26 Å². The van der Waals surface area contributed by atoms with E-state index in [4.69, 9.17) is 14.5 Å². The number of alkyl carbamates (subject to hydrolysis) is 1. The zero-order valence-corrected chi connectivity index (χ0v) is 22.4. The van der Waals surface area contributed by atoms with E-state index in [1.807, 2.05) is 32.6 Å². The van der Waals surface area contributed by atoms with Crippen LogP contribution in [0.4, 0.5) is 4.79 Å². The Bertz CT molecular complexity index is 802. The van der Waals surface area contributed by atoms with Crippen molar-refractivity contribution < 1.29 is 19.1 Å². The van der Waals surface area contributed by atoms with Gasteiger partial charge in [0.25, 0.3) is 5.91 Å². The summed E-state index contributed by atoms with van der Waals surface area (Å²) in [6.45, 7) is 12.0. The molecule has 36 heavy (non-hydrogen) atoms. The van der Waals surface area contributed by atoms with Gasteiger partial charge < -0.3 is 19.7 Å². The van der Waals surface area contributed by atoms with Gasteiger partial charge in [-0.05, 0) is 63.5 Å². The molecular weight excluding hydrogens is 460 g/mol. The van der Waals surface area contributed by atoms with Gasteiger partial charge in [0.15, 0.2) is 6.19 Å². The van der Waals surface area contributed by atoms with E-state index < -0.39 is 12.1 Å². The van der Waals surface area contributed by atoms with E-state index >= 15 is 0 Å². The van der Waals surface area contributed by atoms with E-state index in [0.717, 1.165) is 51.6 Å². The van der Waals surface area contributed by atoms with Crippen molar-refractivity contribution in [3.05, 3.63) is 0 Å². The number of hydrogen-bond acceptors (Lipinski definition) is 7. The predicted molar refractivity (Wildman–Crippen MR) is 137 cm³/mol. The maximum absolute atomic E-state index is 13.6. The van der Waals surface area contributed by atoms with Gasteiger partial charge in [0.2, 0.25) is 5.96 Å². The lowest BCUT2D eigenvalue weighted by Crippen LogP contribution is -2.51. The Balaban J connectivity index is 1.81. The second kappa shape index (κ2) is 13.2. The molecule has 3 rings (SSSR count). The summed E-state index contributed by atoms with van der Waals surface area (Å²) in [4.78, 5) is 34.6. The highest BCUT2D eigenvalue weighted by molar-refractivity contribution is 5.96. The minimum absolute atomic E-state index is 0.0734. The number of nitrogens with zero attached hydrogens (tertiary/aromatic N) is 4. The Morgan fingerprint density at radius 1 is 1.19 bits per heavy atom. The Morgan fingerprint density at radius 3 is 2.42 bits per heavy atom. The van der Waals surface area contributed by atoms with Crippen molar-refractivity contribution in [3.63, 3.8) is 0 Å². The van der Waals surface area contributed by atoms with Crippen LogP contribution in [0.1, 0.15) is 72.6 Å². The standard InChI is InChI=1S/C26H44N6O4/c1-19(20-9-11-28-12-10-20)36-25(34)30-24(31-13-15-35-16-14-31)29-22(17-26(2,3)4)23(33)32(18-27)21-7-5-6-8-21/h19-22,28H,5-17H2,1-4H3,(H,29,30,34). The lowest BCUT2D eigenvalue weighted by molar-refractivity contribution is -0.131. The summed E-state index contributed by atoms with van der Waals surface area (Å²) in [5.74, 6) is 0.322. The minimum atomic E-state index is -0.787. The molecule has 0 aromatic rings. The number of rotatable bonds is 6. The van der Waals surface area contributed by atoms with Gasteiger partial charge in [-0.3, -0.25) is 10.1 Å². The van der Waals surface area contributed by atoms with Crippen LogP contribution in [0.25, 0.3) is 0 Å². The summed E-state index contributed by atoms with van der Waals surface area (Å²) in [6, 6.07) is -0.860. The molecule has 2 saturated heterocycles. The Hall–Kier alpha value is -2.38. The van der Waals surface area contributed by atoms with Crippen LogP contribution in [0.3, 0.4) is 0 Å². The molecule has 2 amide bonds. The summed E-state index contributed by atoms with van der Waals surface area (Å²) >= 11 is 0. The number of guanidine groups is 1. The van der Waals surface area contributed by atoms with Crippen LogP contribution in [-0.4, -0.2) is 85.3 Å². The van der Waals surface area contributed by atoms with Gasteiger partial charge in [-0.15, -0.1) is 0 Å². The summed E-state index contributed by atoms with van der Waals surface area (Å²) in [6.07, 6.45) is 7.43. The Kier molecular flexibility index (Phi) is 10.4. The quantitative estimate of drug-likeness (QED) is 0.247. The number of carbonyl (C=O) groups is 2. The van der Waals surface area contributed by atoms with Crippen molar-refractivity contribution in [2.45, 2.75) is 90.8 Å². The number of carbonyl (C=O) groups excluding carboxylic acids is 2. The summed E-state index contributed by atoms with van der Waals surface area (Å²) < 4.78 is 11.2. The van der Waals surface area contributed by atoms with Crippen LogP contribution in [0, 0.1) is 22.8 Å². The Labute approximate surface area is 215 Å². The van der Waals surface area contributed by atoms with Crippen LogP contribution < -0.4 is 10.6 Å². The number of morpholine rings is 1. The summed E-state index contributed by atoms with van der Waals surface area (Å²) in [5, 5.41) is 16.0. The highest BCUT2D eigenvalue weighted by Gasteiger charge is 2.35. The maximum Gasteiger partial charge on any atom is 0.414 e. The SMILES string of the molecule is CC(OC(=O)NC(=NC(CC(C)(C)C)C(=O)N(C#N)C1CCCC1)N1CCOCC1)C1CCNCC1. The third-order valence-corrected chi connectivity index (χ3v) is 7.27. The first-order valence-corrected chi connectivity index (χ1v) is 13.5. The third kappa shape index (κ3) is 8.34. The molecule has 0 bridgehead atoms. The smallest absolute Gasteiger partial charge is 0.414 e. The van der Waals surface area contributed by atoms with E-state index in [0.29, 0.717) is 44.6 Å². The van der Waals surface area contributed by atoms with E-state index in [1.165, 1.54) is 4.90 Å². The van der Waals surface area contributed by atoms with Crippen molar-refractivity contribution in [2.75, 3.05) is 39.4 Å². The number of ether oxygens (including phenoxy) is 2. The molecule has 202 valence electrons.